The highest BCUT2D eigenvalue weighted by molar-refractivity contribution is 8.13. The van der Waals surface area contributed by atoms with E-state index in [1.807, 2.05) is 6.26 Å². The maximum absolute atomic E-state index is 5.53. The molecule has 1 aromatic heterocycles. The summed E-state index contributed by atoms with van der Waals surface area (Å²) in [6.07, 6.45) is 1.92. The maximum atomic E-state index is 5.53. The van der Waals surface area contributed by atoms with E-state index >= 15 is 0 Å². The van der Waals surface area contributed by atoms with Gasteiger partial charge in [0.15, 0.2) is 5.17 Å². The van der Waals surface area contributed by atoms with Gasteiger partial charge in [-0.3, -0.25) is 4.99 Å². The summed E-state index contributed by atoms with van der Waals surface area (Å²) >= 11 is 4.86. The Hall–Kier alpha value is -0.270. The Balaban J connectivity index is 2.05. The van der Waals surface area contributed by atoms with Gasteiger partial charge in [0.25, 0.3) is 0 Å². The van der Waals surface area contributed by atoms with Gasteiger partial charge in [-0.25, -0.2) is 0 Å². The molecule has 0 saturated heterocycles. The van der Waals surface area contributed by atoms with Gasteiger partial charge in [0.1, 0.15) is 10.5 Å². The Bertz CT molecular complexity index is 272. The third-order valence-corrected chi connectivity index (χ3v) is 3.72. The first-order chi connectivity index (χ1) is 6.83. The van der Waals surface area contributed by atoms with Crippen LogP contribution in [-0.2, 0) is 5.75 Å². The van der Waals surface area contributed by atoms with Crippen LogP contribution in [0.3, 0.4) is 0 Å². The third-order valence-electron chi connectivity index (χ3n) is 1.34. The van der Waals surface area contributed by atoms with Crippen molar-refractivity contribution >= 4 is 40.0 Å². The maximum Gasteiger partial charge on any atom is 0.153 e. The van der Waals surface area contributed by atoms with Gasteiger partial charge in [-0.2, -0.15) is 11.8 Å². The van der Waals surface area contributed by atoms with Gasteiger partial charge >= 0.3 is 0 Å². The van der Waals surface area contributed by atoms with Crippen LogP contribution in [0.2, 0.25) is 0 Å². The lowest BCUT2D eigenvalue weighted by molar-refractivity contribution is 1.04. The Morgan fingerprint density at radius 2 is 2.57 bits per heavy atom. The van der Waals surface area contributed by atoms with Crippen molar-refractivity contribution in [3.05, 3.63) is 10.5 Å². The summed E-state index contributed by atoms with van der Waals surface area (Å²) in [5, 5.41) is 9.44. The molecule has 0 radical (unpaired) electrons. The van der Waals surface area contributed by atoms with Crippen LogP contribution in [0.4, 0.5) is 0 Å². The number of thioether (sulfide) groups is 2. The Labute approximate surface area is 95.8 Å². The van der Waals surface area contributed by atoms with E-state index in [9.17, 15) is 0 Å². The minimum Gasteiger partial charge on any atom is -0.379 e. The normalized spacial score (nSPS) is 11.9. The number of aliphatic imine (C=N–C) groups is 1. The van der Waals surface area contributed by atoms with Crippen molar-refractivity contribution in [3.63, 3.8) is 0 Å². The molecule has 0 fully saturated rings. The van der Waals surface area contributed by atoms with Gasteiger partial charge in [-0.15, -0.1) is 21.5 Å². The van der Waals surface area contributed by atoms with Crippen LogP contribution in [-0.4, -0.2) is 33.9 Å². The summed E-state index contributed by atoms with van der Waals surface area (Å²) in [6, 6.07) is 0. The van der Waals surface area contributed by atoms with Crippen LogP contribution in [0, 0.1) is 0 Å². The lowest BCUT2D eigenvalue weighted by Gasteiger charge is -1.96. The lowest BCUT2D eigenvalue weighted by atomic mass is 10.8. The summed E-state index contributed by atoms with van der Waals surface area (Å²) in [5.74, 6) is 1.89. The highest BCUT2D eigenvalue weighted by Crippen LogP contribution is 2.12. The van der Waals surface area contributed by atoms with E-state index in [1.165, 1.54) is 11.8 Å². The van der Waals surface area contributed by atoms with Crippen LogP contribution < -0.4 is 5.73 Å². The molecule has 0 aliphatic carbocycles. The summed E-state index contributed by atoms with van der Waals surface area (Å²) in [4.78, 5) is 4.17. The highest BCUT2D eigenvalue weighted by Gasteiger charge is 1.96. The van der Waals surface area contributed by atoms with E-state index in [1.54, 1.807) is 28.6 Å². The number of hydrogen-bond donors (Lipinski definition) is 1. The molecular formula is C7H12N4S3. The topological polar surface area (TPSA) is 64.2 Å². The lowest BCUT2D eigenvalue weighted by Crippen LogP contribution is -2.06. The smallest absolute Gasteiger partial charge is 0.153 e. The van der Waals surface area contributed by atoms with Gasteiger partial charge in [0.05, 0.1) is 6.54 Å². The second kappa shape index (κ2) is 7.08. The second-order valence-electron chi connectivity index (χ2n) is 2.31. The molecule has 0 spiro atoms. The van der Waals surface area contributed by atoms with Crippen molar-refractivity contribution in [3.8, 4) is 0 Å². The minimum absolute atomic E-state index is 0.654. The van der Waals surface area contributed by atoms with Crippen molar-refractivity contribution in [1.29, 1.82) is 0 Å². The van der Waals surface area contributed by atoms with E-state index in [-0.39, 0.29) is 0 Å². The van der Waals surface area contributed by atoms with Crippen LogP contribution >= 0.6 is 34.9 Å². The predicted octanol–water partition coefficient (Wildman–Crippen LogP) is 1.45. The summed E-state index contributed by atoms with van der Waals surface area (Å²) in [5.41, 5.74) is 7.28. The average molecular weight is 248 g/mol. The third kappa shape index (κ3) is 4.83. The Morgan fingerprint density at radius 1 is 1.71 bits per heavy atom. The van der Waals surface area contributed by atoms with Gasteiger partial charge in [0, 0.05) is 11.5 Å². The molecule has 7 heteroatoms. The van der Waals surface area contributed by atoms with Crippen LogP contribution in [0.25, 0.3) is 0 Å². The molecular weight excluding hydrogens is 236 g/mol. The summed E-state index contributed by atoms with van der Waals surface area (Å²) < 4.78 is 0. The molecule has 1 aromatic rings. The molecule has 4 nitrogen and oxygen atoms in total. The first-order valence-corrected chi connectivity index (χ1v) is 7.25. The van der Waals surface area contributed by atoms with Crippen molar-refractivity contribution in [2.45, 2.75) is 5.75 Å². The number of amidine groups is 1. The predicted molar refractivity (Wildman–Crippen MR) is 66.1 cm³/mol. The first-order valence-electron chi connectivity index (χ1n) is 3.99. The molecule has 1 rings (SSSR count). The second-order valence-corrected chi connectivity index (χ2v) is 5.16. The molecule has 1 heterocycles. The van der Waals surface area contributed by atoms with Gasteiger partial charge in [-0.05, 0) is 6.26 Å². The SMILES string of the molecule is CSC(N)=NCCSCc1nncs1. The van der Waals surface area contributed by atoms with Gasteiger partial charge in [-0.1, -0.05) is 11.8 Å². The first kappa shape index (κ1) is 11.8. The molecule has 0 unspecified atom stereocenters. The van der Waals surface area contributed by atoms with E-state index in [0.29, 0.717) is 5.17 Å². The zero-order valence-corrected chi connectivity index (χ0v) is 10.3. The van der Waals surface area contributed by atoms with E-state index in [2.05, 4.69) is 15.2 Å². The van der Waals surface area contributed by atoms with Crippen LogP contribution in [0.5, 0.6) is 0 Å². The van der Waals surface area contributed by atoms with Crippen molar-refractivity contribution < 1.29 is 0 Å². The number of rotatable bonds is 5. The van der Waals surface area contributed by atoms with Gasteiger partial charge < -0.3 is 5.73 Å². The zero-order chi connectivity index (χ0) is 10.2. The number of aromatic nitrogens is 2. The molecule has 0 bridgehead atoms. The van der Waals surface area contributed by atoms with Crippen molar-refractivity contribution in [2.75, 3.05) is 18.6 Å². The average Bonchev–Trinajstić information content (AvgIpc) is 2.69. The van der Waals surface area contributed by atoms with E-state index in [0.717, 1.165) is 23.1 Å². The van der Waals surface area contributed by atoms with Gasteiger partial charge in [0.2, 0.25) is 0 Å². The number of nitrogens with zero attached hydrogens (tertiary/aromatic N) is 3. The molecule has 14 heavy (non-hydrogen) atoms. The molecule has 78 valence electrons. The van der Waals surface area contributed by atoms with Crippen molar-refractivity contribution in [1.82, 2.24) is 10.2 Å². The molecule has 0 aliphatic heterocycles. The fraction of sp³-hybridized carbons (Fsp3) is 0.571. The molecule has 0 saturated carbocycles. The number of hydrogen-bond acceptors (Lipinski definition) is 6. The Morgan fingerprint density at radius 3 is 3.21 bits per heavy atom. The van der Waals surface area contributed by atoms with Crippen molar-refractivity contribution in [2.24, 2.45) is 10.7 Å². The fourth-order valence-electron chi connectivity index (χ4n) is 0.703. The molecule has 0 amide bonds. The standard InChI is InChI=1S/C7H12N4S3/c1-12-7(8)9-2-3-13-4-6-11-10-5-14-6/h5H,2-4H2,1H3,(H2,8,9). The molecule has 2 N–H and O–H groups in total. The summed E-state index contributed by atoms with van der Waals surface area (Å²) in [6.45, 7) is 0.774. The summed E-state index contributed by atoms with van der Waals surface area (Å²) in [7, 11) is 0. The Kier molecular flexibility index (Phi) is 5.97. The van der Waals surface area contributed by atoms with Crippen LogP contribution in [0.1, 0.15) is 5.01 Å². The van der Waals surface area contributed by atoms with E-state index in [4.69, 9.17) is 5.73 Å². The van der Waals surface area contributed by atoms with Crippen LogP contribution in [0.15, 0.2) is 10.5 Å². The van der Waals surface area contributed by atoms with E-state index < -0.39 is 0 Å². The molecule has 0 atom stereocenters. The molecule has 0 aromatic carbocycles. The number of nitrogens with two attached hydrogens (primary N) is 1. The molecule has 0 aliphatic rings. The monoisotopic (exact) mass is 248 g/mol. The quantitative estimate of drug-likeness (QED) is 0.485. The fourth-order valence-corrected chi connectivity index (χ4v) is 2.35. The highest BCUT2D eigenvalue weighted by atomic mass is 32.2. The zero-order valence-electron chi connectivity index (χ0n) is 7.84. The largest absolute Gasteiger partial charge is 0.379 e. The minimum atomic E-state index is 0.654.